The number of anilines is 1. The molecule has 1 saturated heterocycles. The van der Waals surface area contributed by atoms with Gasteiger partial charge in [-0.1, -0.05) is 17.7 Å². The van der Waals surface area contributed by atoms with Crippen LogP contribution in [0.25, 0.3) is 0 Å². The first-order valence-corrected chi connectivity index (χ1v) is 7.90. The smallest absolute Gasteiger partial charge is 0.324 e. The second-order valence-corrected chi connectivity index (χ2v) is 6.67. The number of carbonyl (C=O) groups excluding carboxylic acids is 3. The second-order valence-electron chi connectivity index (χ2n) is 6.26. The Morgan fingerprint density at radius 1 is 1.43 bits per heavy atom. The third kappa shape index (κ3) is 2.79. The van der Waals surface area contributed by atoms with Crippen molar-refractivity contribution in [1.82, 2.24) is 10.2 Å². The quantitative estimate of drug-likeness (QED) is 0.829. The number of hydrogen-bond acceptors (Lipinski definition) is 3. The lowest BCUT2D eigenvalue weighted by Crippen LogP contribution is -2.46. The van der Waals surface area contributed by atoms with Crippen molar-refractivity contribution < 1.29 is 14.4 Å². The molecule has 0 radical (unpaired) electrons. The molecule has 23 heavy (non-hydrogen) atoms. The molecule has 1 heterocycles. The van der Waals surface area contributed by atoms with Crippen LogP contribution in [0.3, 0.4) is 0 Å². The van der Waals surface area contributed by atoms with E-state index in [0.29, 0.717) is 10.7 Å². The number of amides is 4. The number of benzene rings is 1. The van der Waals surface area contributed by atoms with Gasteiger partial charge < -0.3 is 10.6 Å². The molecule has 7 heteroatoms. The summed E-state index contributed by atoms with van der Waals surface area (Å²) in [7, 11) is 0. The Balaban J connectivity index is 1.69. The minimum Gasteiger partial charge on any atom is -0.324 e. The lowest BCUT2D eigenvalue weighted by Gasteiger charge is -2.20. The van der Waals surface area contributed by atoms with Gasteiger partial charge in [-0.15, -0.1) is 0 Å². The molecule has 1 saturated carbocycles. The van der Waals surface area contributed by atoms with Crippen molar-refractivity contribution >= 4 is 35.1 Å². The van der Waals surface area contributed by atoms with Gasteiger partial charge in [0, 0.05) is 10.7 Å². The largest absolute Gasteiger partial charge is 0.325 e. The van der Waals surface area contributed by atoms with Crippen LogP contribution in [0.1, 0.15) is 25.3 Å². The first-order valence-electron chi connectivity index (χ1n) is 7.52. The molecule has 1 aliphatic carbocycles. The van der Waals surface area contributed by atoms with E-state index in [4.69, 9.17) is 11.6 Å². The molecule has 0 spiro atoms. The molecular weight excluding hydrogens is 318 g/mol. The minimum absolute atomic E-state index is 0.169. The van der Waals surface area contributed by atoms with E-state index in [1.54, 1.807) is 32.0 Å². The third-order valence-corrected chi connectivity index (χ3v) is 4.95. The first-order chi connectivity index (χ1) is 10.8. The number of nitrogens with one attached hydrogen (secondary N) is 2. The molecule has 1 aromatic rings. The van der Waals surface area contributed by atoms with Crippen molar-refractivity contribution in [2.24, 2.45) is 5.92 Å². The third-order valence-electron chi connectivity index (χ3n) is 4.54. The zero-order chi connectivity index (χ0) is 16.8. The van der Waals surface area contributed by atoms with Crippen LogP contribution in [0.15, 0.2) is 18.2 Å². The van der Waals surface area contributed by atoms with Gasteiger partial charge in [0.1, 0.15) is 12.1 Å². The highest BCUT2D eigenvalue weighted by atomic mass is 35.5. The first kappa shape index (κ1) is 15.8. The normalized spacial score (nSPS) is 23.9. The zero-order valence-electron chi connectivity index (χ0n) is 13.0. The van der Waals surface area contributed by atoms with Crippen molar-refractivity contribution in [2.45, 2.75) is 32.2 Å². The summed E-state index contributed by atoms with van der Waals surface area (Å²) >= 11 is 6.01. The molecule has 1 unspecified atom stereocenters. The summed E-state index contributed by atoms with van der Waals surface area (Å²) in [5, 5.41) is 5.95. The van der Waals surface area contributed by atoms with Crippen LogP contribution in [0.2, 0.25) is 5.02 Å². The van der Waals surface area contributed by atoms with Crippen LogP contribution in [0.5, 0.6) is 0 Å². The summed E-state index contributed by atoms with van der Waals surface area (Å²) in [4.78, 5) is 37.7. The van der Waals surface area contributed by atoms with Crippen molar-refractivity contribution in [3.63, 3.8) is 0 Å². The molecule has 6 nitrogen and oxygen atoms in total. The van der Waals surface area contributed by atoms with E-state index in [-0.39, 0.29) is 18.4 Å². The van der Waals surface area contributed by atoms with Gasteiger partial charge in [0.2, 0.25) is 5.91 Å². The highest BCUT2D eigenvalue weighted by Crippen LogP contribution is 2.42. The lowest BCUT2D eigenvalue weighted by molar-refractivity contribution is -0.134. The van der Waals surface area contributed by atoms with E-state index in [1.165, 1.54) is 0 Å². The van der Waals surface area contributed by atoms with Gasteiger partial charge in [0.25, 0.3) is 5.91 Å². The Morgan fingerprint density at radius 3 is 2.78 bits per heavy atom. The van der Waals surface area contributed by atoms with Crippen LogP contribution >= 0.6 is 11.6 Å². The van der Waals surface area contributed by atoms with E-state index >= 15 is 0 Å². The number of hydrogen-bond donors (Lipinski definition) is 2. The Hall–Kier alpha value is -2.08. The van der Waals surface area contributed by atoms with Crippen molar-refractivity contribution in [3.8, 4) is 0 Å². The van der Waals surface area contributed by atoms with E-state index in [1.807, 2.05) is 0 Å². The van der Waals surface area contributed by atoms with Crippen molar-refractivity contribution in [3.05, 3.63) is 28.8 Å². The Bertz CT molecular complexity index is 702. The van der Waals surface area contributed by atoms with Crippen LogP contribution in [-0.4, -0.2) is 34.8 Å². The standard InChI is InChI=1S/C16H18ClN3O3/c1-9-11(17)4-3-5-12(9)18-13(21)8-20-14(22)16(2,10-6-7-10)19-15(20)23/h3-5,10H,6-8H2,1-2H3,(H,18,21)(H,19,23). The van der Waals surface area contributed by atoms with Gasteiger partial charge in [-0.3, -0.25) is 14.5 Å². The van der Waals surface area contributed by atoms with Gasteiger partial charge in [0.15, 0.2) is 0 Å². The number of halogens is 1. The average Bonchev–Trinajstić information content (AvgIpc) is 3.30. The number of urea groups is 1. The molecule has 1 aromatic carbocycles. The minimum atomic E-state index is -0.872. The average molecular weight is 336 g/mol. The fourth-order valence-electron chi connectivity index (χ4n) is 2.87. The predicted octanol–water partition coefficient (Wildman–Crippen LogP) is 2.31. The SMILES string of the molecule is Cc1c(Cl)cccc1NC(=O)CN1C(=O)NC(C)(C2CC2)C1=O. The fourth-order valence-corrected chi connectivity index (χ4v) is 3.05. The van der Waals surface area contributed by atoms with Gasteiger partial charge in [-0.05, 0) is 50.3 Å². The van der Waals surface area contributed by atoms with Crippen LogP contribution in [0, 0.1) is 12.8 Å². The second kappa shape index (κ2) is 5.53. The molecule has 2 aliphatic rings. The predicted molar refractivity (Wildman–Crippen MR) is 86.2 cm³/mol. The van der Waals surface area contributed by atoms with E-state index < -0.39 is 17.5 Å². The molecule has 2 fully saturated rings. The molecule has 1 atom stereocenters. The maximum atomic E-state index is 12.5. The molecule has 122 valence electrons. The molecule has 4 amide bonds. The number of rotatable bonds is 4. The summed E-state index contributed by atoms with van der Waals surface area (Å²) in [5.41, 5.74) is 0.436. The Morgan fingerprint density at radius 2 is 2.13 bits per heavy atom. The summed E-state index contributed by atoms with van der Waals surface area (Å²) in [6, 6.07) is 4.66. The Labute approximate surface area is 139 Å². The molecular formula is C16H18ClN3O3. The van der Waals surface area contributed by atoms with Crippen LogP contribution in [0.4, 0.5) is 10.5 Å². The van der Waals surface area contributed by atoms with Gasteiger partial charge >= 0.3 is 6.03 Å². The monoisotopic (exact) mass is 335 g/mol. The molecule has 2 N–H and O–H groups in total. The van der Waals surface area contributed by atoms with E-state index in [0.717, 1.165) is 23.3 Å². The fraction of sp³-hybridized carbons (Fsp3) is 0.438. The van der Waals surface area contributed by atoms with Crippen LogP contribution < -0.4 is 10.6 Å². The van der Waals surface area contributed by atoms with Crippen LogP contribution in [-0.2, 0) is 9.59 Å². The lowest BCUT2D eigenvalue weighted by atomic mass is 9.96. The van der Waals surface area contributed by atoms with Crippen molar-refractivity contribution in [2.75, 3.05) is 11.9 Å². The molecule has 3 rings (SSSR count). The Kier molecular flexibility index (Phi) is 3.80. The maximum absolute atomic E-state index is 12.5. The molecule has 1 aliphatic heterocycles. The van der Waals surface area contributed by atoms with Gasteiger partial charge in [-0.2, -0.15) is 0 Å². The highest BCUT2D eigenvalue weighted by Gasteiger charge is 2.56. The number of nitrogens with zero attached hydrogens (tertiary/aromatic N) is 1. The number of carbonyl (C=O) groups is 3. The molecule has 0 bridgehead atoms. The van der Waals surface area contributed by atoms with Crippen molar-refractivity contribution in [1.29, 1.82) is 0 Å². The maximum Gasteiger partial charge on any atom is 0.325 e. The topological polar surface area (TPSA) is 78.5 Å². The highest BCUT2D eigenvalue weighted by molar-refractivity contribution is 6.31. The number of imide groups is 1. The van der Waals surface area contributed by atoms with Gasteiger partial charge in [-0.25, -0.2) is 4.79 Å². The summed E-state index contributed by atoms with van der Waals surface area (Å²) in [6.45, 7) is 3.21. The summed E-state index contributed by atoms with van der Waals surface area (Å²) < 4.78 is 0. The molecule has 0 aromatic heterocycles. The zero-order valence-corrected chi connectivity index (χ0v) is 13.7. The van der Waals surface area contributed by atoms with E-state index in [2.05, 4.69) is 10.6 Å². The summed E-state index contributed by atoms with van der Waals surface area (Å²) in [6.07, 6.45) is 1.84. The summed E-state index contributed by atoms with van der Waals surface area (Å²) in [5.74, 6) is -0.593. The van der Waals surface area contributed by atoms with Gasteiger partial charge in [0.05, 0.1) is 0 Å². The van der Waals surface area contributed by atoms with E-state index in [9.17, 15) is 14.4 Å².